The van der Waals surface area contributed by atoms with Crippen molar-refractivity contribution in [3.05, 3.63) is 42.2 Å². The van der Waals surface area contributed by atoms with Gasteiger partial charge in [0.25, 0.3) is 0 Å². The van der Waals surface area contributed by atoms with E-state index in [1.54, 1.807) is 12.4 Å². The molecule has 4 rings (SSSR count). The molecule has 0 bridgehead atoms. The molecule has 1 fully saturated rings. The number of carbonyl (C=O) groups is 1. The van der Waals surface area contributed by atoms with E-state index < -0.39 is 0 Å². The van der Waals surface area contributed by atoms with Gasteiger partial charge in [0.15, 0.2) is 17.3 Å². The Balaban J connectivity index is 1.43. The van der Waals surface area contributed by atoms with E-state index in [2.05, 4.69) is 14.9 Å². The molecular formula is C18H19N3O3. The van der Waals surface area contributed by atoms with Crippen molar-refractivity contribution in [3.8, 4) is 11.5 Å². The predicted molar refractivity (Wildman–Crippen MR) is 88.7 cm³/mol. The number of aromatic nitrogens is 2. The van der Waals surface area contributed by atoms with E-state index in [9.17, 15) is 4.79 Å². The third kappa shape index (κ3) is 2.91. The number of ether oxygens (including phenoxy) is 2. The Morgan fingerprint density at radius 2 is 1.75 bits per heavy atom. The molecule has 1 aromatic carbocycles. The summed E-state index contributed by atoms with van der Waals surface area (Å²) in [5.41, 5.74) is 0.702. The molecule has 0 amide bonds. The summed E-state index contributed by atoms with van der Waals surface area (Å²) < 4.78 is 11.1. The molecule has 0 saturated carbocycles. The number of piperidine rings is 1. The number of carbonyl (C=O) groups excluding carboxylic acids is 1. The van der Waals surface area contributed by atoms with Gasteiger partial charge in [-0.15, -0.1) is 0 Å². The molecule has 0 spiro atoms. The normalized spacial score (nSPS) is 17.6. The Bertz CT molecular complexity index is 728. The SMILES string of the molecule is O=C(c1ccc2c(c1)OCCO2)C1CCN(c2ncccn2)CC1. The van der Waals surface area contributed by atoms with Gasteiger partial charge in [0.1, 0.15) is 13.2 Å². The Morgan fingerprint density at radius 3 is 2.50 bits per heavy atom. The lowest BCUT2D eigenvalue weighted by Crippen LogP contribution is -2.37. The van der Waals surface area contributed by atoms with Crippen LogP contribution in [-0.4, -0.2) is 42.1 Å². The maximum Gasteiger partial charge on any atom is 0.225 e. The summed E-state index contributed by atoms with van der Waals surface area (Å²) in [5, 5.41) is 0. The minimum Gasteiger partial charge on any atom is -0.486 e. The van der Waals surface area contributed by atoms with Crippen molar-refractivity contribution < 1.29 is 14.3 Å². The summed E-state index contributed by atoms with van der Waals surface area (Å²) >= 11 is 0. The molecule has 24 heavy (non-hydrogen) atoms. The highest BCUT2D eigenvalue weighted by Crippen LogP contribution is 2.32. The quantitative estimate of drug-likeness (QED) is 0.807. The van der Waals surface area contributed by atoms with Crippen LogP contribution in [0.4, 0.5) is 5.95 Å². The van der Waals surface area contributed by atoms with Gasteiger partial charge >= 0.3 is 0 Å². The molecule has 0 unspecified atom stereocenters. The number of ketones is 1. The molecule has 2 aliphatic heterocycles. The van der Waals surface area contributed by atoms with E-state index in [0.29, 0.717) is 30.3 Å². The molecule has 1 aromatic heterocycles. The minimum atomic E-state index is 0.0347. The van der Waals surface area contributed by atoms with Gasteiger partial charge < -0.3 is 14.4 Å². The van der Waals surface area contributed by atoms with Crippen molar-refractivity contribution in [1.29, 1.82) is 0 Å². The van der Waals surface area contributed by atoms with Gasteiger partial charge in [0.05, 0.1) is 0 Å². The van der Waals surface area contributed by atoms with Crippen molar-refractivity contribution in [2.24, 2.45) is 5.92 Å². The zero-order valence-electron chi connectivity index (χ0n) is 13.4. The van der Waals surface area contributed by atoms with Crippen LogP contribution in [0.3, 0.4) is 0 Å². The average molecular weight is 325 g/mol. The number of Topliss-reactive ketones (excluding diaryl/α,β-unsaturated/α-hetero) is 1. The van der Waals surface area contributed by atoms with Gasteiger partial charge in [-0.1, -0.05) is 0 Å². The maximum absolute atomic E-state index is 12.8. The predicted octanol–water partition coefficient (Wildman–Crippen LogP) is 2.35. The molecule has 2 aliphatic rings. The van der Waals surface area contributed by atoms with Crippen molar-refractivity contribution >= 4 is 11.7 Å². The summed E-state index contributed by atoms with van der Waals surface area (Å²) in [6.07, 6.45) is 5.11. The fraction of sp³-hybridized carbons (Fsp3) is 0.389. The minimum absolute atomic E-state index is 0.0347. The van der Waals surface area contributed by atoms with Crippen LogP contribution >= 0.6 is 0 Å². The number of hydrogen-bond donors (Lipinski definition) is 0. The van der Waals surface area contributed by atoms with Crippen molar-refractivity contribution in [3.63, 3.8) is 0 Å². The Hall–Kier alpha value is -2.63. The second-order valence-electron chi connectivity index (χ2n) is 6.03. The lowest BCUT2D eigenvalue weighted by molar-refractivity contribution is 0.0899. The van der Waals surface area contributed by atoms with Crippen LogP contribution < -0.4 is 14.4 Å². The van der Waals surface area contributed by atoms with Gasteiger partial charge in [-0.2, -0.15) is 0 Å². The molecule has 2 aromatic rings. The molecule has 0 radical (unpaired) electrons. The highest BCUT2D eigenvalue weighted by molar-refractivity contribution is 5.98. The largest absolute Gasteiger partial charge is 0.486 e. The number of fused-ring (bicyclic) bond motifs is 1. The smallest absolute Gasteiger partial charge is 0.225 e. The average Bonchev–Trinajstić information content (AvgIpc) is 2.68. The molecule has 0 atom stereocenters. The first kappa shape index (κ1) is 14.9. The van der Waals surface area contributed by atoms with Crippen LogP contribution in [0.25, 0.3) is 0 Å². The van der Waals surface area contributed by atoms with E-state index in [-0.39, 0.29) is 11.7 Å². The lowest BCUT2D eigenvalue weighted by Gasteiger charge is -2.31. The third-order valence-electron chi connectivity index (χ3n) is 4.53. The monoisotopic (exact) mass is 325 g/mol. The molecule has 6 heteroatoms. The number of hydrogen-bond acceptors (Lipinski definition) is 6. The summed E-state index contributed by atoms with van der Waals surface area (Å²) in [4.78, 5) is 23.5. The van der Waals surface area contributed by atoms with Crippen LogP contribution in [0.2, 0.25) is 0 Å². The van der Waals surface area contributed by atoms with Gasteiger partial charge in [-0.25, -0.2) is 9.97 Å². The molecule has 0 N–H and O–H groups in total. The second-order valence-corrected chi connectivity index (χ2v) is 6.03. The lowest BCUT2D eigenvalue weighted by atomic mass is 9.89. The fourth-order valence-electron chi connectivity index (χ4n) is 3.23. The Labute approximate surface area is 140 Å². The van der Waals surface area contributed by atoms with Crippen molar-refractivity contribution in [2.45, 2.75) is 12.8 Å². The van der Waals surface area contributed by atoms with E-state index >= 15 is 0 Å². The van der Waals surface area contributed by atoms with E-state index in [0.717, 1.165) is 31.9 Å². The summed E-state index contributed by atoms with van der Waals surface area (Å²) in [6.45, 7) is 2.68. The van der Waals surface area contributed by atoms with E-state index in [1.807, 2.05) is 24.3 Å². The number of nitrogens with zero attached hydrogens (tertiary/aromatic N) is 3. The van der Waals surface area contributed by atoms with Crippen LogP contribution in [0.5, 0.6) is 11.5 Å². The van der Waals surface area contributed by atoms with Crippen LogP contribution in [0, 0.1) is 5.92 Å². The number of rotatable bonds is 3. The van der Waals surface area contributed by atoms with Crippen LogP contribution in [0.15, 0.2) is 36.7 Å². The highest BCUT2D eigenvalue weighted by atomic mass is 16.6. The number of benzene rings is 1. The van der Waals surface area contributed by atoms with Gasteiger partial charge in [0.2, 0.25) is 5.95 Å². The molecule has 1 saturated heterocycles. The Kier molecular flexibility index (Phi) is 4.02. The fourth-order valence-corrected chi connectivity index (χ4v) is 3.23. The molecule has 0 aliphatic carbocycles. The summed E-state index contributed by atoms with van der Waals surface area (Å²) in [7, 11) is 0. The number of anilines is 1. The first-order valence-corrected chi connectivity index (χ1v) is 8.27. The van der Waals surface area contributed by atoms with Gasteiger partial charge in [-0.3, -0.25) is 4.79 Å². The highest BCUT2D eigenvalue weighted by Gasteiger charge is 2.27. The molecule has 6 nitrogen and oxygen atoms in total. The standard InChI is InChI=1S/C18H19N3O3/c22-17(14-2-3-15-16(12-14)24-11-10-23-15)13-4-8-21(9-5-13)18-19-6-1-7-20-18/h1-3,6-7,12-13H,4-5,8-11H2. The van der Waals surface area contributed by atoms with Crippen LogP contribution in [0.1, 0.15) is 23.2 Å². The van der Waals surface area contributed by atoms with Gasteiger partial charge in [-0.05, 0) is 37.1 Å². The summed E-state index contributed by atoms with van der Waals surface area (Å²) in [6, 6.07) is 7.28. The first-order valence-electron chi connectivity index (χ1n) is 8.27. The molecule has 124 valence electrons. The van der Waals surface area contributed by atoms with E-state index in [4.69, 9.17) is 9.47 Å². The topological polar surface area (TPSA) is 64.6 Å². The Morgan fingerprint density at radius 1 is 1.04 bits per heavy atom. The summed E-state index contributed by atoms with van der Waals surface area (Å²) in [5.74, 6) is 2.34. The van der Waals surface area contributed by atoms with E-state index in [1.165, 1.54) is 0 Å². The van der Waals surface area contributed by atoms with Crippen molar-refractivity contribution in [1.82, 2.24) is 9.97 Å². The molecular weight excluding hydrogens is 306 g/mol. The second kappa shape index (κ2) is 6.47. The van der Waals surface area contributed by atoms with Crippen LogP contribution in [-0.2, 0) is 0 Å². The first-order chi connectivity index (χ1) is 11.8. The zero-order valence-corrected chi connectivity index (χ0v) is 13.4. The zero-order chi connectivity index (χ0) is 16.4. The third-order valence-corrected chi connectivity index (χ3v) is 4.53. The molecule has 3 heterocycles. The van der Waals surface area contributed by atoms with Gasteiger partial charge in [0, 0.05) is 37.0 Å². The van der Waals surface area contributed by atoms with Crippen molar-refractivity contribution in [2.75, 3.05) is 31.2 Å². The maximum atomic E-state index is 12.8.